The lowest BCUT2D eigenvalue weighted by Crippen LogP contribution is -2.44. The number of pyridine rings is 1. The first kappa shape index (κ1) is 16.2. The highest BCUT2D eigenvalue weighted by Crippen LogP contribution is 2.41. The molecule has 0 spiro atoms. The molecule has 5 heterocycles. The van der Waals surface area contributed by atoms with Crippen LogP contribution in [0.5, 0.6) is 0 Å². The van der Waals surface area contributed by atoms with E-state index in [9.17, 15) is 4.79 Å². The third-order valence-electron chi connectivity index (χ3n) is 5.34. The molecule has 5 rings (SSSR count). The van der Waals surface area contributed by atoms with Gasteiger partial charge in [0.15, 0.2) is 11.5 Å². The summed E-state index contributed by atoms with van der Waals surface area (Å²) in [5.41, 5.74) is 2.76. The minimum atomic E-state index is 0.0368. The smallest absolute Gasteiger partial charge is 0.223 e. The van der Waals surface area contributed by atoms with Gasteiger partial charge >= 0.3 is 0 Å². The molecule has 0 aliphatic carbocycles. The molecule has 1 atom stereocenters. The fourth-order valence-corrected chi connectivity index (χ4v) is 4.06. The van der Waals surface area contributed by atoms with Gasteiger partial charge in [0.25, 0.3) is 0 Å². The van der Waals surface area contributed by atoms with Crippen LogP contribution in [0.1, 0.15) is 19.4 Å². The molecule has 27 heavy (non-hydrogen) atoms. The van der Waals surface area contributed by atoms with Crippen molar-refractivity contribution >= 4 is 28.4 Å². The molecular formula is C18H21N7O2. The van der Waals surface area contributed by atoms with E-state index in [-0.39, 0.29) is 11.9 Å². The maximum atomic E-state index is 12.3. The van der Waals surface area contributed by atoms with Gasteiger partial charge in [0.1, 0.15) is 5.82 Å². The van der Waals surface area contributed by atoms with Crippen molar-refractivity contribution in [1.82, 2.24) is 25.0 Å². The van der Waals surface area contributed by atoms with Crippen LogP contribution in [0.2, 0.25) is 0 Å². The number of amides is 1. The van der Waals surface area contributed by atoms with E-state index < -0.39 is 0 Å². The van der Waals surface area contributed by atoms with Gasteiger partial charge in [-0.25, -0.2) is 4.98 Å². The highest BCUT2D eigenvalue weighted by Gasteiger charge is 2.33. The van der Waals surface area contributed by atoms with Crippen LogP contribution in [0.3, 0.4) is 0 Å². The largest absolute Gasteiger partial charge is 0.377 e. The summed E-state index contributed by atoms with van der Waals surface area (Å²) in [6.45, 7) is 6.54. The van der Waals surface area contributed by atoms with E-state index >= 15 is 0 Å². The number of hydrogen-bond donors (Lipinski definition) is 1. The highest BCUT2D eigenvalue weighted by atomic mass is 16.5. The van der Waals surface area contributed by atoms with Crippen LogP contribution < -0.4 is 9.80 Å². The second-order valence-electron chi connectivity index (χ2n) is 7.03. The summed E-state index contributed by atoms with van der Waals surface area (Å²) in [6.07, 6.45) is 4.33. The van der Waals surface area contributed by atoms with Gasteiger partial charge in [-0.3, -0.25) is 9.89 Å². The Balaban J connectivity index is 1.77. The Kier molecular flexibility index (Phi) is 3.64. The molecule has 1 N–H and O–H groups in total. The molecule has 0 aromatic carbocycles. The van der Waals surface area contributed by atoms with Crippen molar-refractivity contribution in [2.45, 2.75) is 26.3 Å². The summed E-state index contributed by atoms with van der Waals surface area (Å²) < 4.78 is 7.32. The van der Waals surface area contributed by atoms with Crippen LogP contribution in [0.25, 0.3) is 16.9 Å². The number of anilines is 2. The predicted molar refractivity (Wildman–Crippen MR) is 100 cm³/mol. The van der Waals surface area contributed by atoms with Gasteiger partial charge in [-0.1, -0.05) is 0 Å². The molecule has 0 radical (unpaired) electrons. The summed E-state index contributed by atoms with van der Waals surface area (Å²) in [7, 11) is 0. The molecule has 1 fully saturated rings. The maximum absolute atomic E-state index is 12.3. The molecule has 2 aliphatic rings. The number of fused-ring (bicyclic) bond motifs is 3. The third kappa shape index (κ3) is 2.42. The van der Waals surface area contributed by atoms with Gasteiger partial charge in [0.2, 0.25) is 5.91 Å². The number of rotatable bonds is 2. The number of ether oxygens (including phenoxy) is 1. The van der Waals surface area contributed by atoms with Gasteiger partial charge in [-0.2, -0.15) is 14.9 Å². The summed E-state index contributed by atoms with van der Waals surface area (Å²) in [6, 6.07) is 2.07. The summed E-state index contributed by atoms with van der Waals surface area (Å²) in [5, 5.41) is 12.4. The molecule has 9 heteroatoms. The molecule has 0 bridgehead atoms. The minimum absolute atomic E-state index is 0.0368. The standard InChI is InChI=1S/C18H21N7O2/c1-11-10-27-8-7-23(11)17-13-4-6-24(12(2)26)16(13)14-9-20-25(18(14)21-17)15-3-5-19-22-15/h3,5,9,11H,4,6-8,10H2,1-2H3,(H,19,22)/t11-/m1/s1. The lowest BCUT2D eigenvalue weighted by molar-refractivity contribution is -0.116. The van der Waals surface area contributed by atoms with Crippen LogP contribution in [0.15, 0.2) is 18.5 Å². The molecule has 1 saturated heterocycles. The first-order valence-electron chi connectivity index (χ1n) is 9.18. The third-order valence-corrected chi connectivity index (χ3v) is 5.34. The molecular weight excluding hydrogens is 346 g/mol. The van der Waals surface area contributed by atoms with E-state index in [2.05, 4.69) is 27.1 Å². The average Bonchev–Trinajstić information content (AvgIpc) is 3.39. The first-order valence-corrected chi connectivity index (χ1v) is 9.18. The van der Waals surface area contributed by atoms with E-state index in [0.29, 0.717) is 31.2 Å². The van der Waals surface area contributed by atoms with Crippen molar-refractivity contribution in [2.24, 2.45) is 0 Å². The fraction of sp³-hybridized carbons (Fsp3) is 0.444. The number of carbonyl (C=O) groups excluding carboxylic acids is 1. The topological polar surface area (TPSA) is 92.2 Å². The molecule has 1 amide bonds. The van der Waals surface area contributed by atoms with Gasteiger partial charge in [-0.15, -0.1) is 0 Å². The minimum Gasteiger partial charge on any atom is -0.377 e. The second-order valence-corrected chi connectivity index (χ2v) is 7.03. The zero-order valence-electron chi connectivity index (χ0n) is 15.3. The Morgan fingerprint density at radius 1 is 1.37 bits per heavy atom. The summed E-state index contributed by atoms with van der Waals surface area (Å²) in [4.78, 5) is 21.4. The van der Waals surface area contributed by atoms with Crippen molar-refractivity contribution in [1.29, 1.82) is 0 Å². The number of nitrogens with zero attached hydrogens (tertiary/aromatic N) is 6. The summed E-state index contributed by atoms with van der Waals surface area (Å²) in [5.74, 6) is 1.63. The zero-order valence-corrected chi connectivity index (χ0v) is 15.3. The quantitative estimate of drug-likeness (QED) is 0.734. The normalized spacial score (nSPS) is 19.7. The van der Waals surface area contributed by atoms with Gasteiger partial charge in [0.05, 0.1) is 36.5 Å². The Hall–Kier alpha value is -2.94. The molecule has 0 unspecified atom stereocenters. The van der Waals surface area contributed by atoms with Crippen molar-refractivity contribution in [3.8, 4) is 5.82 Å². The van der Waals surface area contributed by atoms with Crippen molar-refractivity contribution in [2.75, 3.05) is 36.1 Å². The fourth-order valence-electron chi connectivity index (χ4n) is 4.06. The van der Waals surface area contributed by atoms with E-state index in [1.165, 1.54) is 0 Å². The Labute approximate surface area is 155 Å². The molecule has 9 nitrogen and oxygen atoms in total. The molecule has 140 valence electrons. The number of morpholine rings is 1. The monoisotopic (exact) mass is 367 g/mol. The van der Waals surface area contributed by atoms with Gasteiger partial charge in [-0.05, 0) is 13.3 Å². The molecule has 3 aromatic heterocycles. The van der Waals surface area contributed by atoms with Crippen molar-refractivity contribution in [3.63, 3.8) is 0 Å². The Morgan fingerprint density at radius 3 is 3.00 bits per heavy atom. The van der Waals surface area contributed by atoms with Crippen molar-refractivity contribution in [3.05, 3.63) is 24.0 Å². The van der Waals surface area contributed by atoms with E-state index in [4.69, 9.17) is 9.72 Å². The van der Waals surface area contributed by atoms with Crippen LogP contribution in [0.4, 0.5) is 11.5 Å². The highest BCUT2D eigenvalue weighted by molar-refractivity contribution is 6.05. The van der Waals surface area contributed by atoms with E-state index in [0.717, 1.165) is 35.4 Å². The van der Waals surface area contributed by atoms with E-state index in [1.54, 1.807) is 24.0 Å². The van der Waals surface area contributed by atoms with Crippen LogP contribution in [0, 0.1) is 0 Å². The number of hydrogen-bond acceptors (Lipinski definition) is 6. The van der Waals surface area contributed by atoms with Gasteiger partial charge < -0.3 is 14.5 Å². The number of aromatic amines is 1. The number of nitrogens with one attached hydrogen (secondary N) is 1. The van der Waals surface area contributed by atoms with Crippen LogP contribution in [-0.2, 0) is 16.0 Å². The second kappa shape index (κ2) is 6.05. The average molecular weight is 367 g/mol. The molecule has 3 aromatic rings. The van der Waals surface area contributed by atoms with E-state index in [1.807, 2.05) is 11.0 Å². The molecule has 2 aliphatic heterocycles. The Bertz CT molecular complexity index is 1010. The van der Waals surface area contributed by atoms with Crippen molar-refractivity contribution < 1.29 is 9.53 Å². The lowest BCUT2D eigenvalue weighted by atomic mass is 10.1. The Morgan fingerprint density at radius 2 is 2.26 bits per heavy atom. The first-order chi connectivity index (χ1) is 13.1. The SMILES string of the molecule is CC(=O)N1CCc2c(N3CCOC[C@H]3C)nc3c(cnn3-c3cc[nH]n3)c21. The maximum Gasteiger partial charge on any atom is 0.223 e. The van der Waals surface area contributed by atoms with Crippen LogP contribution in [-0.4, -0.2) is 63.2 Å². The number of carbonyl (C=O) groups is 1. The lowest BCUT2D eigenvalue weighted by Gasteiger charge is -2.35. The predicted octanol–water partition coefficient (Wildman–Crippen LogP) is 1.28. The molecule has 0 saturated carbocycles. The summed E-state index contributed by atoms with van der Waals surface area (Å²) >= 11 is 0. The number of H-pyrrole nitrogens is 1. The van der Waals surface area contributed by atoms with Gasteiger partial charge in [0, 0.05) is 37.8 Å². The van der Waals surface area contributed by atoms with Crippen LogP contribution >= 0.6 is 0 Å². The zero-order chi connectivity index (χ0) is 18.5. The number of aromatic nitrogens is 5.